The van der Waals surface area contributed by atoms with Gasteiger partial charge in [-0.05, 0) is 24.3 Å². The molecule has 35 heavy (non-hydrogen) atoms. The van der Waals surface area contributed by atoms with Crippen molar-refractivity contribution in [2.45, 2.75) is 0 Å². The van der Waals surface area contributed by atoms with Gasteiger partial charge in [-0.1, -0.05) is 72.8 Å². The Hall–Kier alpha value is -4.34. The third-order valence-electron chi connectivity index (χ3n) is 7.56. The van der Waals surface area contributed by atoms with E-state index in [0.717, 1.165) is 11.2 Å². The number of thiophene rings is 1. The maximum atomic E-state index is 6.63. The van der Waals surface area contributed by atoms with Crippen molar-refractivity contribution in [2.75, 3.05) is 0 Å². The summed E-state index contributed by atoms with van der Waals surface area (Å²) in [6.07, 6.45) is 2.29. The second-order valence-corrected chi connectivity index (χ2v) is 10.4. The fourth-order valence-corrected chi connectivity index (χ4v) is 7.33. The van der Waals surface area contributed by atoms with E-state index >= 15 is 0 Å². The van der Waals surface area contributed by atoms with Crippen molar-refractivity contribution in [1.29, 1.82) is 0 Å². The van der Waals surface area contributed by atoms with Crippen LogP contribution in [0.4, 0.5) is 0 Å². The van der Waals surface area contributed by atoms with Gasteiger partial charge in [-0.15, -0.1) is 11.3 Å². The quantitative estimate of drug-likeness (QED) is 0.205. The molecule has 0 spiro atoms. The zero-order valence-electron chi connectivity index (χ0n) is 18.6. The average Bonchev–Trinajstić information content (AvgIpc) is 3.59. The number of para-hydroxylation sites is 1. The van der Waals surface area contributed by atoms with Crippen LogP contribution in [0.25, 0.3) is 80.1 Å². The van der Waals surface area contributed by atoms with Crippen LogP contribution >= 0.6 is 11.3 Å². The van der Waals surface area contributed by atoms with Crippen molar-refractivity contribution in [2.24, 2.45) is 0 Å². The molecule has 0 aliphatic carbocycles. The second-order valence-electron chi connectivity index (χ2n) is 9.33. The Morgan fingerprint density at radius 1 is 0.571 bits per heavy atom. The first-order valence-corrected chi connectivity index (χ1v) is 12.7. The summed E-state index contributed by atoms with van der Waals surface area (Å²) in [7, 11) is 0. The van der Waals surface area contributed by atoms with E-state index in [0.29, 0.717) is 0 Å². The Balaban J connectivity index is 1.68. The number of aromatic nitrogens is 1. The normalized spacial score (nSPS) is 12.6. The summed E-state index contributed by atoms with van der Waals surface area (Å²) < 4.78 is 11.7. The fraction of sp³-hybridized carbons (Fsp3) is 0. The van der Waals surface area contributed by atoms with E-state index in [1.54, 1.807) is 0 Å². The maximum absolute atomic E-state index is 6.63. The molecular formula is C32H17NOS. The van der Waals surface area contributed by atoms with Crippen LogP contribution in [0, 0.1) is 0 Å². The largest absolute Gasteiger partial charge is 0.455 e. The summed E-state index contributed by atoms with van der Waals surface area (Å²) >= 11 is 1.88. The van der Waals surface area contributed by atoms with Gasteiger partial charge in [-0.25, -0.2) is 0 Å². The summed E-state index contributed by atoms with van der Waals surface area (Å²) in [6.45, 7) is 0. The van der Waals surface area contributed by atoms with Gasteiger partial charge in [0.1, 0.15) is 11.2 Å². The highest BCUT2D eigenvalue weighted by Gasteiger charge is 2.20. The van der Waals surface area contributed by atoms with E-state index < -0.39 is 0 Å². The van der Waals surface area contributed by atoms with Crippen LogP contribution in [0.2, 0.25) is 0 Å². The Morgan fingerprint density at radius 2 is 1.31 bits per heavy atom. The Bertz CT molecular complexity index is 2330. The van der Waals surface area contributed by atoms with Gasteiger partial charge in [0.2, 0.25) is 0 Å². The molecule has 0 unspecified atom stereocenters. The van der Waals surface area contributed by atoms with Crippen LogP contribution < -0.4 is 0 Å². The highest BCUT2D eigenvalue weighted by Crippen LogP contribution is 2.46. The molecule has 0 saturated carbocycles. The van der Waals surface area contributed by atoms with Crippen molar-refractivity contribution in [1.82, 2.24) is 4.40 Å². The number of nitrogens with zero attached hydrogens (tertiary/aromatic N) is 1. The molecule has 4 heterocycles. The van der Waals surface area contributed by atoms with Gasteiger partial charge in [0.25, 0.3) is 0 Å². The smallest absolute Gasteiger partial charge is 0.144 e. The van der Waals surface area contributed by atoms with E-state index in [2.05, 4.69) is 102 Å². The van der Waals surface area contributed by atoms with E-state index in [4.69, 9.17) is 4.42 Å². The lowest BCUT2D eigenvalue weighted by molar-refractivity contribution is 0.673. The maximum Gasteiger partial charge on any atom is 0.144 e. The third kappa shape index (κ3) is 2.15. The highest BCUT2D eigenvalue weighted by atomic mass is 32.1. The van der Waals surface area contributed by atoms with Crippen molar-refractivity contribution >= 4 is 91.4 Å². The minimum atomic E-state index is 0.937. The Kier molecular flexibility index (Phi) is 3.20. The minimum Gasteiger partial charge on any atom is -0.455 e. The molecule has 0 aliphatic rings. The standard InChI is InChI=1S/C32H17NOS/c1-2-8-19-18(7-1)17-33-25-16-15-23-21-10-4-6-12-27(21)35-32(23)29(25)28-24(30(19)33)14-13-22-20-9-3-5-11-26(20)34-31(22)28/h1-17H. The Labute approximate surface area is 203 Å². The molecule has 0 aliphatic heterocycles. The minimum absolute atomic E-state index is 0.937. The van der Waals surface area contributed by atoms with Crippen molar-refractivity contribution in [3.63, 3.8) is 0 Å². The molecule has 9 aromatic rings. The fourth-order valence-electron chi connectivity index (χ4n) is 6.08. The number of furan rings is 1. The van der Waals surface area contributed by atoms with E-state index in [9.17, 15) is 0 Å². The van der Waals surface area contributed by atoms with Crippen LogP contribution in [0.15, 0.2) is 108 Å². The first kappa shape index (κ1) is 18.0. The monoisotopic (exact) mass is 463 g/mol. The number of rotatable bonds is 0. The van der Waals surface area contributed by atoms with Gasteiger partial charge >= 0.3 is 0 Å². The zero-order chi connectivity index (χ0) is 22.7. The van der Waals surface area contributed by atoms with E-state index in [-0.39, 0.29) is 0 Å². The lowest BCUT2D eigenvalue weighted by atomic mass is 9.99. The molecule has 4 aromatic heterocycles. The lowest BCUT2D eigenvalue weighted by Gasteiger charge is -2.11. The molecule has 2 nitrogen and oxygen atoms in total. The number of fused-ring (bicyclic) bond motifs is 16. The topological polar surface area (TPSA) is 17.6 Å². The van der Waals surface area contributed by atoms with Gasteiger partial charge in [-0.3, -0.25) is 0 Å². The van der Waals surface area contributed by atoms with Gasteiger partial charge in [-0.2, -0.15) is 0 Å². The Morgan fingerprint density at radius 3 is 2.26 bits per heavy atom. The molecule has 0 fully saturated rings. The molecule has 0 bridgehead atoms. The molecule has 9 rings (SSSR count). The number of benzene rings is 5. The van der Waals surface area contributed by atoms with Crippen LogP contribution in [-0.2, 0) is 0 Å². The van der Waals surface area contributed by atoms with Gasteiger partial charge in [0, 0.05) is 64.1 Å². The van der Waals surface area contributed by atoms with Crippen LogP contribution in [0.3, 0.4) is 0 Å². The van der Waals surface area contributed by atoms with Gasteiger partial charge in [0.05, 0.1) is 11.0 Å². The molecule has 0 atom stereocenters. The molecule has 162 valence electrons. The van der Waals surface area contributed by atoms with Gasteiger partial charge in [0.15, 0.2) is 0 Å². The predicted octanol–water partition coefficient (Wildman–Crippen LogP) is 9.67. The third-order valence-corrected chi connectivity index (χ3v) is 8.77. The average molecular weight is 464 g/mol. The molecule has 0 radical (unpaired) electrons. The SMILES string of the molecule is c1ccc2c(c1)cn1c3ccc4c5ccccc5sc4c3c3c(ccc4c5ccccc5oc43)c21. The molecule has 5 aromatic carbocycles. The molecule has 0 N–H and O–H groups in total. The summed E-state index contributed by atoms with van der Waals surface area (Å²) in [6, 6.07) is 34.9. The van der Waals surface area contributed by atoms with Crippen LogP contribution in [-0.4, -0.2) is 4.40 Å². The summed E-state index contributed by atoms with van der Waals surface area (Å²) in [5.41, 5.74) is 4.37. The van der Waals surface area contributed by atoms with Crippen molar-refractivity contribution in [3.8, 4) is 0 Å². The summed E-state index contributed by atoms with van der Waals surface area (Å²) in [5, 5.41) is 11.2. The van der Waals surface area contributed by atoms with E-state index in [1.807, 2.05) is 17.4 Å². The number of hydrogen-bond donors (Lipinski definition) is 0. The van der Waals surface area contributed by atoms with E-state index in [1.165, 1.54) is 68.9 Å². The van der Waals surface area contributed by atoms with Crippen molar-refractivity contribution in [3.05, 3.63) is 103 Å². The van der Waals surface area contributed by atoms with Gasteiger partial charge < -0.3 is 8.82 Å². The predicted molar refractivity (Wildman–Crippen MR) is 150 cm³/mol. The van der Waals surface area contributed by atoms with Crippen LogP contribution in [0.1, 0.15) is 0 Å². The first-order chi connectivity index (χ1) is 17.4. The molecular weight excluding hydrogens is 446 g/mol. The van der Waals surface area contributed by atoms with Crippen molar-refractivity contribution < 1.29 is 4.42 Å². The molecule has 0 amide bonds. The highest BCUT2D eigenvalue weighted by molar-refractivity contribution is 7.26. The lowest BCUT2D eigenvalue weighted by Crippen LogP contribution is -1.90. The zero-order valence-corrected chi connectivity index (χ0v) is 19.4. The summed E-state index contributed by atoms with van der Waals surface area (Å²) in [4.78, 5) is 0. The number of hydrogen-bond acceptors (Lipinski definition) is 2. The first-order valence-electron chi connectivity index (χ1n) is 11.9. The van der Waals surface area contributed by atoms with Crippen LogP contribution in [0.5, 0.6) is 0 Å². The number of pyridine rings is 1. The molecule has 0 saturated heterocycles. The molecule has 3 heteroatoms. The summed E-state index contributed by atoms with van der Waals surface area (Å²) in [5.74, 6) is 0. The second kappa shape index (κ2) is 6.21.